The Kier molecular flexibility index (Phi) is 3.96. The molecular weight excluding hydrogens is 390 g/mol. The molecule has 6 aromatic rings. The zero-order valence-electron chi connectivity index (χ0n) is 18.1. The van der Waals surface area contributed by atoms with Gasteiger partial charge in [-0.1, -0.05) is 67.8 Å². The van der Waals surface area contributed by atoms with Crippen molar-refractivity contribution in [1.82, 2.24) is 4.57 Å². The molecule has 2 heterocycles. The Bertz CT molecular complexity index is 1610. The van der Waals surface area contributed by atoms with E-state index in [1.165, 1.54) is 75.8 Å². The lowest BCUT2D eigenvalue weighted by atomic mass is 9.95. The quantitative estimate of drug-likeness (QED) is 0.276. The molecule has 2 nitrogen and oxygen atoms in total. The minimum absolute atomic E-state index is 0.616. The Morgan fingerprint density at radius 1 is 0.562 bits per heavy atom. The van der Waals surface area contributed by atoms with E-state index in [9.17, 15) is 0 Å². The third-order valence-corrected chi connectivity index (χ3v) is 7.36. The van der Waals surface area contributed by atoms with E-state index >= 15 is 0 Å². The number of hydrogen-bond donors (Lipinski definition) is 0. The first-order valence-corrected chi connectivity index (χ1v) is 11.8. The molecule has 0 bridgehead atoms. The lowest BCUT2D eigenvalue weighted by molar-refractivity contribution is 0.367. The van der Waals surface area contributed by atoms with Crippen LogP contribution in [0.5, 0.6) is 0 Å². The highest BCUT2D eigenvalue weighted by Gasteiger charge is 2.20. The van der Waals surface area contributed by atoms with Crippen LogP contribution < -0.4 is 0 Å². The Labute approximate surface area is 187 Å². The van der Waals surface area contributed by atoms with Crippen LogP contribution in [0.4, 0.5) is 0 Å². The van der Waals surface area contributed by atoms with Crippen LogP contribution in [-0.2, 0) is 0 Å². The van der Waals surface area contributed by atoms with Gasteiger partial charge in [0.05, 0.1) is 0 Å². The fourth-order valence-corrected chi connectivity index (χ4v) is 5.82. The van der Waals surface area contributed by atoms with Crippen molar-refractivity contribution >= 4 is 43.7 Å². The van der Waals surface area contributed by atoms with Crippen molar-refractivity contribution in [1.29, 1.82) is 0 Å². The molecule has 0 radical (unpaired) electrons. The molecule has 2 heteroatoms. The number of hydrogen-bond acceptors (Lipinski definition) is 1. The number of benzene rings is 4. The average Bonchev–Trinajstić information content (AvgIpc) is 3.39. The molecule has 1 aliphatic carbocycles. The molecule has 0 spiro atoms. The van der Waals surface area contributed by atoms with Crippen LogP contribution in [0.2, 0.25) is 0 Å². The second kappa shape index (κ2) is 7.00. The zero-order valence-corrected chi connectivity index (χ0v) is 18.1. The summed E-state index contributed by atoms with van der Waals surface area (Å²) < 4.78 is 8.66. The monoisotopic (exact) mass is 415 g/mol. The van der Waals surface area contributed by atoms with Crippen LogP contribution in [0.1, 0.15) is 38.1 Å². The lowest BCUT2D eigenvalue weighted by Gasteiger charge is -2.25. The van der Waals surface area contributed by atoms with Crippen LogP contribution in [0.3, 0.4) is 0 Å². The minimum atomic E-state index is 0.616. The number of fused-ring (bicyclic) bond motifs is 6. The van der Waals surface area contributed by atoms with Gasteiger partial charge in [-0.25, -0.2) is 0 Å². The maximum atomic E-state index is 6.04. The summed E-state index contributed by atoms with van der Waals surface area (Å²) in [7, 11) is 0. The van der Waals surface area contributed by atoms with Crippen LogP contribution >= 0.6 is 0 Å². The molecular formula is C30H25NO. The second-order valence-corrected chi connectivity index (χ2v) is 9.22. The molecule has 0 unspecified atom stereocenters. The smallest absolute Gasteiger partial charge is 0.135 e. The standard InChI is InChI=1S/C30H25NO/c1-2-8-22(9-3-1)31-27-12-6-4-10-23(27)25-18-20(14-16-28(25)31)21-15-17-30-26(19-21)24-11-5-7-13-29(24)32-30/h4-7,10-19,22H,1-3,8-9H2. The molecule has 0 N–H and O–H groups in total. The van der Waals surface area contributed by atoms with Crippen molar-refractivity contribution in [2.45, 2.75) is 38.1 Å². The third-order valence-electron chi connectivity index (χ3n) is 7.36. The predicted octanol–water partition coefficient (Wildman–Crippen LogP) is 8.87. The van der Waals surface area contributed by atoms with E-state index in [1.54, 1.807) is 0 Å². The number of nitrogens with zero attached hydrogens (tertiary/aromatic N) is 1. The summed E-state index contributed by atoms with van der Waals surface area (Å²) in [6, 6.07) is 31.5. The maximum absolute atomic E-state index is 6.04. The van der Waals surface area contributed by atoms with Crippen LogP contribution in [0, 0.1) is 0 Å². The van der Waals surface area contributed by atoms with E-state index in [0.717, 1.165) is 11.2 Å². The predicted molar refractivity (Wildman–Crippen MR) is 134 cm³/mol. The van der Waals surface area contributed by atoms with Gasteiger partial charge >= 0.3 is 0 Å². The van der Waals surface area contributed by atoms with Crippen LogP contribution in [0.15, 0.2) is 89.3 Å². The normalized spacial score (nSPS) is 15.4. The first-order chi connectivity index (χ1) is 15.9. The average molecular weight is 416 g/mol. The van der Waals surface area contributed by atoms with Gasteiger partial charge in [0.15, 0.2) is 0 Å². The van der Waals surface area contributed by atoms with Crippen LogP contribution in [-0.4, -0.2) is 4.57 Å². The molecule has 4 aromatic carbocycles. The molecule has 0 amide bonds. The van der Waals surface area contributed by atoms with Gasteiger partial charge in [0, 0.05) is 38.6 Å². The summed E-state index contributed by atoms with van der Waals surface area (Å²) in [4.78, 5) is 0. The number of furan rings is 1. The van der Waals surface area contributed by atoms with Gasteiger partial charge in [-0.15, -0.1) is 0 Å². The molecule has 1 saturated carbocycles. The molecule has 32 heavy (non-hydrogen) atoms. The Hall–Kier alpha value is -3.52. The highest BCUT2D eigenvalue weighted by Crippen LogP contribution is 2.39. The van der Waals surface area contributed by atoms with Crippen molar-refractivity contribution in [3.8, 4) is 11.1 Å². The molecule has 0 saturated heterocycles. The van der Waals surface area contributed by atoms with Crippen LogP contribution in [0.25, 0.3) is 54.9 Å². The summed E-state index contributed by atoms with van der Waals surface area (Å²) in [5.41, 5.74) is 7.15. The third kappa shape index (κ3) is 2.65. The molecule has 1 fully saturated rings. The van der Waals surface area contributed by atoms with Crippen molar-refractivity contribution in [3.63, 3.8) is 0 Å². The van der Waals surface area contributed by atoms with E-state index in [0.29, 0.717) is 6.04 Å². The van der Waals surface area contributed by atoms with Gasteiger partial charge in [0.1, 0.15) is 11.2 Å². The Morgan fingerprint density at radius 3 is 2.09 bits per heavy atom. The summed E-state index contributed by atoms with van der Waals surface area (Å²) in [5.74, 6) is 0. The van der Waals surface area contributed by atoms with E-state index in [4.69, 9.17) is 4.42 Å². The summed E-state index contributed by atoms with van der Waals surface area (Å²) in [5, 5.41) is 5.09. The summed E-state index contributed by atoms with van der Waals surface area (Å²) in [6.45, 7) is 0. The number of aromatic nitrogens is 1. The minimum Gasteiger partial charge on any atom is -0.456 e. The SMILES string of the molecule is c1ccc2c(c1)oc1ccc(-c3ccc4c(c3)c3ccccc3n4C3CCCCC3)cc12. The maximum Gasteiger partial charge on any atom is 0.135 e. The van der Waals surface area contributed by atoms with E-state index in [-0.39, 0.29) is 0 Å². The van der Waals surface area contributed by atoms with Gasteiger partial charge < -0.3 is 8.98 Å². The summed E-state index contributed by atoms with van der Waals surface area (Å²) >= 11 is 0. The molecule has 2 aromatic heterocycles. The molecule has 0 atom stereocenters. The summed E-state index contributed by atoms with van der Waals surface area (Å²) in [6.07, 6.45) is 6.65. The van der Waals surface area contributed by atoms with Gasteiger partial charge in [-0.2, -0.15) is 0 Å². The molecule has 156 valence electrons. The fourth-order valence-electron chi connectivity index (χ4n) is 5.82. The Balaban J connectivity index is 1.44. The zero-order chi connectivity index (χ0) is 21.1. The number of para-hydroxylation sites is 2. The largest absolute Gasteiger partial charge is 0.456 e. The molecule has 1 aliphatic rings. The first-order valence-electron chi connectivity index (χ1n) is 11.8. The number of rotatable bonds is 2. The van der Waals surface area contributed by atoms with Gasteiger partial charge in [0.2, 0.25) is 0 Å². The topological polar surface area (TPSA) is 18.1 Å². The fraction of sp³-hybridized carbons (Fsp3) is 0.200. The first kappa shape index (κ1) is 18.1. The molecule has 0 aliphatic heterocycles. The van der Waals surface area contributed by atoms with E-state index in [1.807, 2.05) is 12.1 Å². The van der Waals surface area contributed by atoms with Crippen molar-refractivity contribution < 1.29 is 4.42 Å². The van der Waals surface area contributed by atoms with E-state index < -0.39 is 0 Å². The highest BCUT2D eigenvalue weighted by molar-refractivity contribution is 6.10. The van der Waals surface area contributed by atoms with Gasteiger partial charge in [-0.3, -0.25) is 0 Å². The molecule has 7 rings (SSSR count). The highest BCUT2D eigenvalue weighted by atomic mass is 16.3. The van der Waals surface area contributed by atoms with Crippen molar-refractivity contribution in [2.75, 3.05) is 0 Å². The van der Waals surface area contributed by atoms with Gasteiger partial charge in [0.25, 0.3) is 0 Å². The van der Waals surface area contributed by atoms with Crippen molar-refractivity contribution in [2.24, 2.45) is 0 Å². The van der Waals surface area contributed by atoms with E-state index in [2.05, 4.69) is 77.4 Å². The van der Waals surface area contributed by atoms with Gasteiger partial charge in [-0.05, 0) is 60.4 Å². The van der Waals surface area contributed by atoms with Crippen molar-refractivity contribution in [3.05, 3.63) is 84.9 Å². The second-order valence-electron chi connectivity index (χ2n) is 9.22. The lowest BCUT2D eigenvalue weighted by Crippen LogP contribution is -2.12. The Morgan fingerprint density at radius 2 is 1.22 bits per heavy atom.